The number of aromatic carboxylic acids is 1. The summed E-state index contributed by atoms with van der Waals surface area (Å²) >= 11 is 0. The SMILES string of the molecule is CC1CCN(c2ccc3c(C(=O)O)cccc3n2)CC1O. The van der Waals surface area contributed by atoms with Gasteiger partial charge in [0.2, 0.25) is 0 Å². The summed E-state index contributed by atoms with van der Waals surface area (Å²) in [5.41, 5.74) is 0.930. The Morgan fingerprint density at radius 3 is 2.86 bits per heavy atom. The summed E-state index contributed by atoms with van der Waals surface area (Å²) in [5.74, 6) is 0.147. The Morgan fingerprint density at radius 1 is 1.33 bits per heavy atom. The summed E-state index contributed by atoms with van der Waals surface area (Å²) in [5, 5.41) is 19.8. The summed E-state index contributed by atoms with van der Waals surface area (Å²) in [7, 11) is 0. The maximum Gasteiger partial charge on any atom is 0.336 e. The van der Waals surface area contributed by atoms with Crippen molar-refractivity contribution < 1.29 is 15.0 Å². The Bertz CT molecular complexity index is 686. The van der Waals surface area contributed by atoms with E-state index in [1.807, 2.05) is 12.1 Å². The first-order valence-electron chi connectivity index (χ1n) is 7.12. The molecule has 1 aromatic heterocycles. The Hall–Kier alpha value is -2.14. The second kappa shape index (κ2) is 5.33. The first kappa shape index (κ1) is 13.8. The highest BCUT2D eigenvalue weighted by molar-refractivity contribution is 6.02. The van der Waals surface area contributed by atoms with Crippen LogP contribution in [0.1, 0.15) is 23.7 Å². The first-order chi connectivity index (χ1) is 10.1. The topological polar surface area (TPSA) is 73.7 Å². The maximum absolute atomic E-state index is 11.2. The van der Waals surface area contributed by atoms with E-state index in [4.69, 9.17) is 0 Å². The molecule has 1 saturated heterocycles. The molecule has 2 atom stereocenters. The standard InChI is InChI=1S/C16H18N2O3/c1-10-7-8-18(9-14(10)19)15-6-5-11-12(16(20)21)3-2-4-13(11)17-15/h2-6,10,14,19H,7-9H2,1H3,(H,20,21). The van der Waals surface area contributed by atoms with Gasteiger partial charge in [0.25, 0.3) is 0 Å². The van der Waals surface area contributed by atoms with E-state index in [-0.39, 0.29) is 11.7 Å². The first-order valence-corrected chi connectivity index (χ1v) is 7.12. The van der Waals surface area contributed by atoms with E-state index in [1.165, 1.54) is 0 Å². The highest BCUT2D eigenvalue weighted by atomic mass is 16.4. The zero-order valence-electron chi connectivity index (χ0n) is 11.9. The third-order valence-electron chi connectivity index (χ3n) is 4.19. The second-order valence-electron chi connectivity index (χ2n) is 5.63. The smallest absolute Gasteiger partial charge is 0.336 e. The predicted octanol–water partition coefficient (Wildman–Crippen LogP) is 2.14. The van der Waals surface area contributed by atoms with Crippen molar-refractivity contribution in [3.8, 4) is 0 Å². The number of aliphatic hydroxyl groups excluding tert-OH is 1. The lowest BCUT2D eigenvalue weighted by atomic mass is 9.96. The molecule has 0 spiro atoms. The lowest BCUT2D eigenvalue weighted by molar-refractivity contribution is 0.0699. The molecule has 0 radical (unpaired) electrons. The molecule has 5 nitrogen and oxygen atoms in total. The van der Waals surface area contributed by atoms with Gasteiger partial charge < -0.3 is 15.1 Å². The van der Waals surface area contributed by atoms with Gasteiger partial charge in [-0.1, -0.05) is 13.0 Å². The monoisotopic (exact) mass is 286 g/mol. The molecule has 5 heteroatoms. The summed E-state index contributed by atoms with van der Waals surface area (Å²) in [6.45, 7) is 3.47. The van der Waals surface area contributed by atoms with Crippen LogP contribution in [0.5, 0.6) is 0 Å². The molecular formula is C16H18N2O3. The summed E-state index contributed by atoms with van der Waals surface area (Å²) in [4.78, 5) is 17.8. The summed E-state index contributed by atoms with van der Waals surface area (Å²) < 4.78 is 0. The lowest BCUT2D eigenvalue weighted by Crippen LogP contribution is -2.43. The quantitative estimate of drug-likeness (QED) is 0.885. The molecule has 0 amide bonds. The van der Waals surface area contributed by atoms with E-state index in [9.17, 15) is 15.0 Å². The molecule has 1 aromatic carbocycles. The number of aliphatic hydroxyl groups is 1. The van der Waals surface area contributed by atoms with Gasteiger partial charge in [0.05, 0.1) is 17.2 Å². The molecule has 21 heavy (non-hydrogen) atoms. The van der Waals surface area contributed by atoms with Gasteiger partial charge in [-0.3, -0.25) is 0 Å². The predicted molar refractivity (Wildman–Crippen MR) is 80.7 cm³/mol. The van der Waals surface area contributed by atoms with Crippen LogP contribution in [0, 0.1) is 5.92 Å². The number of hydrogen-bond donors (Lipinski definition) is 2. The minimum Gasteiger partial charge on any atom is -0.478 e. The van der Waals surface area contributed by atoms with Crippen LogP contribution >= 0.6 is 0 Å². The number of rotatable bonds is 2. The van der Waals surface area contributed by atoms with Gasteiger partial charge in [0.1, 0.15) is 5.82 Å². The zero-order valence-corrected chi connectivity index (χ0v) is 11.9. The van der Waals surface area contributed by atoms with Crippen molar-refractivity contribution in [2.75, 3.05) is 18.0 Å². The van der Waals surface area contributed by atoms with Gasteiger partial charge in [-0.05, 0) is 36.6 Å². The molecule has 110 valence electrons. The second-order valence-corrected chi connectivity index (χ2v) is 5.63. The van der Waals surface area contributed by atoms with Gasteiger partial charge in [0, 0.05) is 18.5 Å². The molecule has 2 N–H and O–H groups in total. The summed E-state index contributed by atoms with van der Waals surface area (Å²) in [6, 6.07) is 8.73. The van der Waals surface area contributed by atoms with Crippen LogP contribution in [-0.2, 0) is 0 Å². The van der Waals surface area contributed by atoms with Crippen LogP contribution in [0.3, 0.4) is 0 Å². The van der Waals surface area contributed by atoms with E-state index in [1.54, 1.807) is 18.2 Å². The Balaban J connectivity index is 1.97. The van der Waals surface area contributed by atoms with Crippen molar-refractivity contribution in [2.45, 2.75) is 19.4 Å². The number of anilines is 1. The number of hydrogen-bond acceptors (Lipinski definition) is 4. The van der Waals surface area contributed by atoms with Crippen molar-refractivity contribution >= 4 is 22.7 Å². The van der Waals surface area contributed by atoms with Gasteiger partial charge in [0.15, 0.2) is 0 Å². The Kier molecular flexibility index (Phi) is 3.51. The van der Waals surface area contributed by atoms with Crippen LogP contribution in [0.4, 0.5) is 5.82 Å². The van der Waals surface area contributed by atoms with E-state index >= 15 is 0 Å². The fraction of sp³-hybridized carbons (Fsp3) is 0.375. The number of carboxylic acid groups (broad SMARTS) is 1. The van der Waals surface area contributed by atoms with Crippen LogP contribution in [0.15, 0.2) is 30.3 Å². The number of carboxylic acids is 1. The van der Waals surface area contributed by atoms with Gasteiger partial charge in [-0.15, -0.1) is 0 Å². The lowest BCUT2D eigenvalue weighted by Gasteiger charge is -2.35. The number of piperidine rings is 1. The van der Waals surface area contributed by atoms with Crippen molar-refractivity contribution in [1.29, 1.82) is 0 Å². The third kappa shape index (κ3) is 2.56. The number of nitrogens with zero attached hydrogens (tertiary/aromatic N) is 2. The number of pyridine rings is 1. The minimum absolute atomic E-state index is 0.263. The molecule has 1 aliphatic heterocycles. The van der Waals surface area contributed by atoms with Gasteiger partial charge in [-0.2, -0.15) is 0 Å². The molecule has 0 bridgehead atoms. The molecule has 2 unspecified atom stereocenters. The average molecular weight is 286 g/mol. The molecule has 2 heterocycles. The Morgan fingerprint density at radius 2 is 2.14 bits per heavy atom. The van der Waals surface area contributed by atoms with E-state index in [0.717, 1.165) is 18.8 Å². The maximum atomic E-state index is 11.2. The van der Waals surface area contributed by atoms with Crippen LogP contribution in [-0.4, -0.2) is 40.4 Å². The van der Waals surface area contributed by atoms with Crippen LogP contribution < -0.4 is 4.90 Å². The molecular weight excluding hydrogens is 268 g/mol. The minimum atomic E-state index is -0.947. The number of β-amino-alcohol motifs (C(OH)–C–C–N with tert-alkyl or cyclic N) is 1. The fourth-order valence-electron chi connectivity index (χ4n) is 2.76. The Labute approximate surface area is 122 Å². The molecule has 3 rings (SSSR count). The largest absolute Gasteiger partial charge is 0.478 e. The molecule has 1 aliphatic rings. The van der Waals surface area contributed by atoms with Crippen LogP contribution in [0.2, 0.25) is 0 Å². The van der Waals surface area contributed by atoms with Crippen molar-refractivity contribution in [3.05, 3.63) is 35.9 Å². The fourth-order valence-corrected chi connectivity index (χ4v) is 2.76. The van der Waals surface area contributed by atoms with Gasteiger partial charge >= 0.3 is 5.97 Å². The van der Waals surface area contributed by atoms with Crippen molar-refractivity contribution in [1.82, 2.24) is 4.98 Å². The molecule has 0 aliphatic carbocycles. The zero-order chi connectivity index (χ0) is 15.0. The number of aromatic nitrogens is 1. The number of benzene rings is 1. The highest BCUT2D eigenvalue weighted by Crippen LogP contribution is 2.25. The highest BCUT2D eigenvalue weighted by Gasteiger charge is 2.25. The number of carbonyl (C=O) groups is 1. The van der Waals surface area contributed by atoms with E-state index < -0.39 is 5.97 Å². The van der Waals surface area contributed by atoms with E-state index in [0.29, 0.717) is 23.4 Å². The third-order valence-corrected chi connectivity index (χ3v) is 4.19. The summed E-state index contributed by atoms with van der Waals surface area (Å²) in [6.07, 6.45) is 0.581. The normalized spacial score (nSPS) is 22.5. The molecule has 1 fully saturated rings. The van der Waals surface area contributed by atoms with Gasteiger partial charge in [-0.25, -0.2) is 9.78 Å². The number of fused-ring (bicyclic) bond motifs is 1. The molecule has 0 saturated carbocycles. The molecule has 2 aromatic rings. The van der Waals surface area contributed by atoms with E-state index in [2.05, 4.69) is 16.8 Å². The van der Waals surface area contributed by atoms with Crippen molar-refractivity contribution in [2.24, 2.45) is 5.92 Å². The van der Waals surface area contributed by atoms with Crippen molar-refractivity contribution in [3.63, 3.8) is 0 Å². The van der Waals surface area contributed by atoms with Crippen LogP contribution in [0.25, 0.3) is 10.9 Å². The average Bonchev–Trinajstić information content (AvgIpc) is 2.48.